The van der Waals surface area contributed by atoms with Gasteiger partial charge in [-0.1, -0.05) is 12.8 Å². The third-order valence-electron chi connectivity index (χ3n) is 4.37. The van der Waals surface area contributed by atoms with Crippen LogP contribution in [0.1, 0.15) is 39.5 Å². The maximum atomic E-state index is 5.23. The Morgan fingerprint density at radius 2 is 1.94 bits per heavy atom. The Morgan fingerprint density at radius 1 is 1.25 bits per heavy atom. The largest absolute Gasteiger partial charge is 0.383 e. The molecule has 3 nitrogen and oxygen atoms in total. The summed E-state index contributed by atoms with van der Waals surface area (Å²) in [5.41, 5.74) is 0.690. The quantitative estimate of drug-likeness (QED) is 0.791. The van der Waals surface area contributed by atoms with Gasteiger partial charge in [0, 0.05) is 37.8 Å². The van der Waals surface area contributed by atoms with E-state index in [1.807, 2.05) is 0 Å². The van der Waals surface area contributed by atoms with E-state index in [-0.39, 0.29) is 5.54 Å². The van der Waals surface area contributed by atoms with Crippen LogP contribution in [0.3, 0.4) is 0 Å². The number of nitrogens with one attached hydrogen (secondary N) is 1. The van der Waals surface area contributed by atoms with Crippen molar-refractivity contribution in [2.45, 2.75) is 50.6 Å². The third-order valence-corrected chi connectivity index (χ3v) is 4.37. The molecule has 1 spiro atoms. The Kier molecular flexibility index (Phi) is 3.57. The molecule has 0 radical (unpaired) electrons. The van der Waals surface area contributed by atoms with Crippen molar-refractivity contribution in [2.75, 3.05) is 33.4 Å². The Labute approximate surface area is 99.5 Å². The van der Waals surface area contributed by atoms with Gasteiger partial charge in [0.15, 0.2) is 0 Å². The molecule has 0 bridgehead atoms. The van der Waals surface area contributed by atoms with Crippen molar-refractivity contribution in [3.8, 4) is 0 Å². The van der Waals surface area contributed by atoms with E-state index in [9.17, 15) is 0 Å². The van der Waals surface area contributed by atoms with Crippen LogP contribution in [-0.2, 0) is 4.74 Å². The SMILES string of the molecule is COCCN1CC2(CCCC2)NCC1(C)C. The molecule has 2 aliphatic rings. The number of rotatable bonds is 3. The lowest BCUT2D eigenvalue weighted by Gasteiger charge is -2.51. The van der Waals surface area contributed by atoms with Crippen molar-refractivity contribution in [1.29, 1.82) is 0 Å². The minimum absolute atomic E-state index is 0.270. The van der Waals surface area contributed by atoms with Gasteiger partial charge in [0.05, 0.1) is 6.61 Å². The van der Waals surface area contributed by atoms with E-state index in [0.29, 0.717) is 5.54 Å². The van der Waals surface area contributed by atoms with Gasteiger partial charge in [0.25, 0.3) is 0 Å². The van der Waals surface area contributed by atoms with E-state index in [0.717, 1.165) is 19.7 Å². The molecule has 0 atom stereocenters. The monoisotopic (exact) mass is 226 g/mol. The molecule has 1 heterocycles. The smallest absolute Gasteiger partial charge is 0.0589 e. The maximum Gasteiger partial charge on any atom is 0.0589 e. The summed E-state index contributed by atoms with van der Waals surface area (Å²) in [6, 6.07) is 0. The van der Waals surface area contributed by atoms with Gasteiger partial charge in [0.2, 0.25) is 0 Å². The number of nitrogens with zero attached hydrogens (tertiary/aromatic N) is 1. The Hall–Kier alpha value is -0.120. The zero-order valence-corrected chi connectivity index (χ0v) is 11.0. The van der Waals surface area contributed by atoms with E-state index >= 15 is 0 Å². The fraction of sp³-hybridized carbons (Fsp3) is 1.00. The summed E-state index contributed by atoms with van der Waals surface area (Å²) in [5.74, 6) is 0. The average molecular weight is 226 g/mol. The molecule has 0 aromatic carbocycles. The number of methoxy groups -OCH3 is 1. The molecule has 0 amide bonds. The van der Waals surface area contributed by atoms with E-state index in [2.05, 4.69) is 24.1 Å². The molecule has 0 aromatic heterocycles. The van der Waals surface area contributed by atoms with Gasteiger partial charge in [-0.05, 0) is 26.7 Å². The maximum absolute atomic E-state index is 5.23. The third kappa shape index (κ3) is 2.41. The number of hydrogen-bond acceptors (Lipinski definition) is 3. The van der Waals surface area contributed by atoms with Crippen LogP contribution in [-0.4, -0.2) is 49.3 Å². The topological polar surface area (TPSA) is 24.5 Å². The lowest BCUT2D eigenvalue weighted by atomic mass is 9.87. The average Bonchev–Trinajstić information content (AvgIpc) is 2.69. The summed E-state index contributed by atoms with van der Waals surface area (Å²) >= 11 is 0. The van der Waals surface area contributed by atoms with Gasteiger partial charge in [-0.3, -0.25) is 4.90 Å². The van der Waals surface area contributed by atoms with Crippen molar-refractivity contribution in [1.82, 2.24) is 10.2 Å². The molecule has 2 rings (SSSR count). The highest BCUT2D eigenvalue weighted by Gasteiger charge is 2.43. The Morgan fingerprint density at radius 3 is 2.56 bits per heavy atom. The lowest BCUT2D eigenvalue weighted by molar-refractivity contribution is 0.0105. The second-order valence-corrected chi connectivity index (χ2v) is 6.07. The van der Waals surface area contributed by atoms with E-state index in [4.69, 9.17) is 4.74 Å². The van der Waals surface area contributed by atoms with Gasteiger partial charge >= 0.3 is 0 Å². The second kappa shape index (κ2) is 4.63. The Balaban J connectivity index is 2.00. The lowest BCUT2D eigenvalue weighted by Crippen LogP contribution is -2.67. The van der Waals surface area contributed by atoms with Crippen molar-refractivity contribution >= 4 is 0 Å². The summed E-state index contributed by atoms with van der Waals surface area (Å²) in [4.78, 5) is 2.61. The highest BCUT2D eigenvalue weighted by Crippen LogP contribution is 2.35. The van der Waals surface area contributed by atoms with Crippen LogP contribution < -0.4 is 5.32 Å². The molecule has 0 unspecified atom stereocenters. The fourth-order valence-electron chi connectivity index (χ4n) is 3.12. The summed E-state index contributed by atoms with van der Waals surface area (Å²) in [6.45, 7) is 8.88. The molecule has 16 heavy (non-hydrogen) atoms. The predicted octanol–water partition coefficient (Wildman–Crippen LogP) is 1.63. The standard InChI is InChI=1S/C13H26N2O/c1-12(2)10-14-13(6-4-5-7-13)11-15(12)8-9-16-3/h14H,4-11H2,1-3H3. The first-order valence-corrected chi connectivity index (χ1v) is 6.57. The summed E-state index contributed by atoms with van der Waals surface area (Å²) < 4.78 is 5.23. The molecule has 1 saturated heterocycles. The second-order valence-electron chi connectivity index (χ2n) is 6.07. The molecular weight excluding hydrogens is 200 g/mol. The van der Waals surface area contributed by atoms with E-state index in [1.165, 1.54) is 32.2 Å². The minimum Gasteiger partial charge on any atom is -0.383 e. The minimum atomic E-state index is 0.270. The van der Waals surface area contributed by atoms with E-state index in [1.54, 1.807) is 7.11 Å². The molecule has 1 N–H and O–H groups in total. The zero-order valence-electron chi connectivity index (χ0n) is 11.0. The molecule has 94 valence electrons. The van der Waals surface area contributed by atoms with Crippen LogP contribution in [0.4, 0.5) is 0 Å². The first-order valence-electron chi connectivity index (χ1n) is 6.57. The van der Waals surface area contributed by atoms with Crippen molar-refractivity contribution in [3.63, 3.8) is 0 Å². The molecule has 1 aliphatic carbocycles. The number of hydrogen-bond donors (Lipinski definition) is 1. The summed E-state index contributed by atoms with van der Waals surface area (Å²) in [5, 5.41) is 3.81. The Bertz CT molecular complexity index is 234. The van der Waals surface area contributed by atoms with Crippen LogP contribution in [0.5, 0.6) is 0 Å². The predicted molar refractivity (Wildman–Crippen MR) is 66.7 cm³/mol. The van der Waals surface area contributed by atoms with Gasteiger partial charge in [0.1, 0.15) is 0 Å². The van der Waals surface area contributed by atoms with Crippen molar-refractivity contribution in [3.05, 3.63) is 0 Å². The molecule has 0 aromatic rings. The summed E-state index contributed by atoms with van der Waals surface area (Å²) in [6.07, 6.45) is 5.50. The van der Waals surface area contributed by atoms with Crippen LogP contribution >= 0.6 is 0 Å². The number of piperazine rings is 1. The van der Waals surface area contributed by atoms with Gasteiger partial charge in [-0.25, -0.2) is 0 Å². The highest BCUT2D eigenvalue weighted by molar-refractivity contribution is 5.03. The molecule has 1 aliphatic heterocycles. The summed E-state index contributed by atoms with van der Waals surface area (Å²) in [7, 11) is 1.79. The molecular formula is C13H26N2O. The van der Waals surface area contributed by atoms with Gasteiger partial charge in [-0.15, -0.1) is 0 Å². The first-order chi connectivity index (χ1) is 7.58. The van der Waals surface area contributed by atoms with Crippen LogP contribution in [0, 0.1) is 0 Å². The molecule has 3 heteroatoms. The van der Waals surface area contributed by atoms with Crippen LogP contribution in [0.25, 0.3) is 0 Å². The van der Waals surface area contributed by atoms with Crippen LogP contribution in [0.15, 0.2) is 0 Å². The van der Waals surface area contributed by atoms with E-state index < -0.39 is 0 Å². The fourth-order valence-corrected chi connectivity index (χ4v) is 3.12. The molecule has 1 saturated carbocycles. The van der Waals surface area contributed by atoms with Gasteiger partial charge in [-0.2, -0.15) is 0 Å². The highest BCUT2D eigenvalue weighted by atomic mass is 16.5. The van der Waals surface area contributed by atoms with Crippen molar-refractivity contribution < 1.29 is 4.74 Å². The zero-order chi connectivity index (χ0) is 11.6. The van der Waals surface area contributed by atoms with Gasteiger partial charge < -0.3 is 10.1 Å². The first kappa shape index (κ1) is 12.3. The number of ether oxygens (including phenoxy) is 1. The van der Waals surface area contributed by atoms with Crippen LogP contribution in [0.2, 0.25) is 0 Å². The van der Waals surface area contributed by atoms with Crippen molar-refractivity contribution in [2.24, 2.45) is 0 Å². The normalized spacial score (nSPS) is 28.7. The molecule has 2 fully saturated rings.